The van der Waals surface area contributed by atoms with Gasteiger partial charge in [0.15, 0.2) is 0 Å². The number of benzene rings is 1. The molecule has 1 aliphatic carbocycles. The number of hydrogen-bond donors (Lipinski definition) is 0. The zero-order valence-corrected chi connectivity index (χ0v) is 11.7. The number of allylic oxidation sites excluding steroid dienone is 2. The topological polar surface area (TPSA) is 9.23 Å². The third kappa shape index (κ3) is 2.17. The van der Waals surface area contributed by atoms with E-state index < -0.39 is 0 Å². The SMILES string of the molecule is COc1ccc2sc(C3=CC(C)CCC3)cc2c1. The second-order valence-electron chi connectivity index (χ2n) is 5.08. The number of ether oxygens (including phenoxy) is 1. The maximum absolute atomic E-state index is 5.28. The number of hydrogen-bond acceptors (Lipinski definition) is 2. The van der Waals surface area contributed by atoms with Crippen molar-refractivity contribution in [2.75, 3.05) is 7.11 Å². The Labute approximate surface area is 112 Å². The van der Waals surface area contributed by atoms with Crippen molar-refractivity contribution in [3.63, 3.8) is 0 Å². The lowest BCUT2D eigenvalue weighted by Crippen LogP contribution is -1.98. The molecule has 1 unspecified atom stereocenters. The fourth-order valence-corrected chi connectivity index (χ4v) is 3.73. The molecule has 0 amide bonds. The molecule has 0 saturated carbocycles. The molecule has 94 valence electrons. The lowest BCUT2D eigenvalue weighted by Gasteiger charge is -2.16. The molecular weight excluding hydrogens is 240 g/mol. The van der Waals surface area contributed by atoms with Gasteiger partial charge in [0.1, 0.15) is 5.75 Å². The minimum Gasteiger partial charge on any atom is -0.497 e. The average molecular weight is 258 g/mol. The summed E-state index contributed by atoms with van der Waals surface area (Å²) in [5.41, 5.74) is 1.54. The van der Waals surface area contributed by atoms with Crippen LogP contribution < -0.4 is 4.74 Å². The molecule has 1 heterocycles. The summed E-state index contributed by atoms with van der Waals surface area (Å²) in [5.74, 6) is 1.67. The fourth-order valence-electron chi connectivity index (χ4n) is 2.64. The molecule has 1 aromatic carbocycles. The van der Waals surface area contributed by atoms with E-state index in [-0.39, 0.29) is 0 Å². The Hall–Kier alpha value is -1.28. The summed E-state index contributed by atoms with van der Waals surface area (Å²) in [6, 6.07) is 8.64. The Morgan fingerprint density at radius 1 is 1.28 bits per heavy atom. The first kappa shape index (κ1) is 11.8. The highest BCUT2D eigenvalue weighted by Gasteiger charge is 2.13. The molecule has 2 aromatic rings. The summed E-state index contributed by atoms with van der Waals surface area (Å²) < 4.78 is 6.64. The van der Waals surface area contributed by atoms with E-state index in [4.69, 9.17) is 4.74 Å². The molecule has 1 aliphatic rings. The van der Waals surface area contributed by atoms with Crippen LogP contribution in [0.1, 0.15) is 31.1 Å². The van der Waals surface area contributed by atoms with Crippen LogP contribution in [-0.2, 0) is 0 Å². The van der Waals surface area contributed by atoms with Crippen molar-refractivity contribution in [3.05, 3.63) is 35.2 Å². The smallest absolute Gasteiger partial charge is 0.119 e. The zero-order valence-electron chi connectivity index (χ0n) is 10.9. The molecule has 1 nitrogen and oxygen atoms in total. The van der Waals surface area contributed by atoms with Crippen molar-refractivity contribution in [2.45, 2.75) is 26.2 Å². The number of methoxy groups -OCH3 is 1. The molecule has 0 N–H and O–H groups in total. The van der Waals surface area contributed by atoms with Crippen LogP contribution in [0.15, 0.2) is 30.3 Å². The van der Waals surface area contributed by atoms with E-state index in [0.717, 1.165) is 11.7 Å². The summed E-state index contributed by atoms with van der Waals surface area (Å²) in [7, 11) is 1.72. The molecule has 0 bridgehead atoms. The first-order valence-electron chi connectivity index (χ1n) is 6.55. The molecule has 18 heavy (non-hydrogen) atoms. The highest BCUT2D eigenvalue weighted by Crippen LogP contribution is 2.37. The van der Waals surface area contributed by atoms with Crippen molar-refractivity contribution in [1.82, 2.24) is 0 Å². The first-order chi connectivity index (χ1) is 8.76. The normalized spacial score (nSPS) is 19.9. The Bertz CT molecular complexity index is 594. The van der Waals surface area contributed by atoms with Crippen LogP contribution in [0.25, 0.3) is 15.7 Å². The minimum atomic E-state index is 0.730. The van der Waals surface area contributed by atoms with Crippen LogP contribution in [0.5, 0.6) is 5.75 Å². The van der Waals surface area contributed by atoms with Crippen LogP contribution in [0.4, 0.5) is 0 Å². The van der Waals surface area contributed by atoms with Gasteiger partial charge in [-0.05, 0) is 60.4 Å². The minimum absolute atomic E-state index is 0.730. The van der Waals surface area contributed by atoms with E-state index in [1.807, 2.05) is 17.4 Å². The predicted octanol–water partition coefficient (Wildman–Crippen LogP) is 5.11. The lowest BCUT2D eigenvalue weighted by atomic mass is 9.91. The van der Waals surface area contributed by atoms with Gasteiger partial charge in [-0.2, -0.15) is 0 Å². The van der Waals surface area contributed by atoms with E-state index in [1.54, 1.807) is 7.11 Å². The van der Waals surface area contributed by atoms with Gasteiger partial charge in [-0.15, -0.1) is 11.3 Å². The summed E-state index contributed by atoms with van der Waals surface area (Å²) >= 11 is 1.90. The van der Waals surface area contributed by atoms with E-state index in [9.17, 15) is 0 Å². The number of fused-ring (bicyclic) bond motifs is 1. The Morgan fingerprint density at radius 3 is 2.94 bits per heavy atom. The largest absolute Gasteiger partial charge is 0.497 e. The summed E-state index contributed by atoms with van der Waals surface area (Å²) in [6.07, 6.45) is 6.34. The molecular formula is C16H18OS. The van der Waals surface area contributed by atoms with Crippen molar-refractivity contribution >= 4 is 27.0 Å². The summed E-state index contributed by atoms with van der Waals surface area (Å²) in [6.45, 7) is 2.31. The van der Waals surface area contributed by atoms with E-state index in [0.29, 0.717) is 0 Å². The van der Waals surface area contributed by atoms with Crippen LogP contribution in [0.3, 0.4) is 0 Å². The first-order valence-corrected chi connectivity index (χ1v) is 7.36. The van der Waals surface area contributed by atoms with Crippen molar-refractivity contribution < 1.29 is 4.74 Å². The Morgan fingerprint density at radius 2 is 2.17 bits per heavy atom. The molecule has 2 heteroatoms. The summed E-state index contributed by atoms with van der Waals surface area (Å²) in [5, 5.41) is 1.30. The molecule has 0 radical (unpaired) electrons. The number of rotatable bonds is 2. The third-order valence-corrected chi connectivity index (χ3v) is 4.82. The predicted molar refractivity (Wildman–Crippen MR) is 79.4 cm³/mol. The molecule has 0 aliphatic heterocycles. The maximum atomic E-state index is 5.28. The van der Waals surface area contributed by atoms with Crippen molar-refractivity contribution in [3.8, 4) is 5.75 Å². The Balaban J connectivity index is 2.02. The van der Waals surface area contributed by atoms with Crippen LogP contribution in [0, 0.1) is 5.92 Å². The molecule has 0 saturated heterocycles. The number of thiophene rings is 1. The van der Waals surface area contributed by atoms with Crippen molar-refractivity contribution in [2.24, 2.45) is 5.92 Å². The van der Waals surface area contributed by atoms with E-state index in [1.165, 1.54) is 39.8 Å². The van der Waals surface area contributed by atoms with Gasteiger partial charge in [-0.25, -0.2) is 0 Å². The average Bonchev–Trinajstić information content (AvgIpc) is 2.81. The zero-order chi connectivity index (χ0) is 12.5. The third-order valence-electron chi connectivity index (χ3n) is 3.63. The van der Waals surface area contributed by atoms with Crippen LogP contribution in [0.2, 0.25) is 0 Å². The van der Waals surface area contributed by atoms with E-state index >= 15 is 0 Å². The molecule has 3 rings (SSSR count). The van der Waals surface area contributed by atoms with Gasteiger partial charge < -0.3 is 4.74 Å². The standard InChI is InChI=1S/C16H18OS/c1-11-4-3-5-12(8-11)16-10-13-9-14(17-2)6-7-15(13)18-16/h6-11H,3-5H2,1-2H3. The fraction of sp³-hybridized carbons (Fsp3) is 0.375. The molecule has 0 fully saturated rings. The van der Waals surface area contributed by atoms with Gasteiger partial charge in [0, 0.05) is 9.58 Å². The second kappa shape index (κ2) is 4.77. The van der Waals surface area contributed by atoms with Crippen LogP contribution >= 0.6 is 11.3 Å². The molecule has 1 atom stereocenters. The quantitative estimate of drug-likeness (QED) is 0.727. The Kier molecular flexibility index (Phi) is 3.13. The van der Waals surface area contributed by atoms with Crippen molar-refractivity contribution in [1.29, 1.82) is 0 Å². The van der Waals surface area contributed by atoms with Gasteiger partial charge in [0.05, 0.1) is 7.11 Å². The molecule has 1 aromatic heterocycles. The summed E-state index contributed by atoms with van der Waals surface area (Å²) in [4.78, 5) is 1.44. The van der Waals surface area contributed by atoms with E-state index in [2.05, 4.69) is 31.2 Å². The van der Waals surface area contributed by atoms with Crippen LogP contribution in [-0.4, -0.2) is 7.11 Å². The second-order valence-corrected chi connectivity index (χ2v) is 6.16. The highest BCUT2D eigenvalue weighted by molar-refractivity contribution is 7.20. The van der Waals surface area contributed by atoms with Gasteiger partial charge in [-0.3, -0.25) is 0 Å². The van der Waals surface area contributed by atoms with Gasteiger partial charge >= 0.3 is 0 Å². The lowest BCUT2D eigenvalue weighted by molar-refractivity contribution is 0.415. The monoisotopic (exact) mass is 258 g/mol. The highest BCUT2D eigenvalue weighted by atomic mass is 32.1. The maximum Gasteiger partial charge on any atom is 0.119 e. The van der Waals surface area contributed by atoms with Gasteiger partial charge in [-0.1, -0.05) is 13.0 Å². The molecule has 0 spiro atoms. The van der Waals surface area contributed by atoms with Gasteiger partial charge in [0.25, 0.3) is 0 Å². The van der Waals surface area contributed by atoms with Gasteiger partial charge in [0.2, 0.25) is 0 Å².